The number of para-hydroxylation sites is 1. The van der Waals surface area contributed by atoms with Crippen LogP contribution in [0.3, 0.4) is 0 Å². The van der Waals surface area contributed by atoms with Crippen LogP contribution in [0.15, 0.2) is 47.3 Å². The first-order chi connectivity index (χ1) is 10.2. The summed E-state index contributed by atoms with van der Waals surface area (Å²) in [5, 5.41) is 1.40. The summed E-state index contributed by atoms with van der Waals surface area (Å²) < 4.78 is 12.6. The molecule has 0 bridgehead atoms. The zero-order valence-electron chi connectivity index (χ0n) is 12.1. The molecule has 1 aromatic heterocycles. The summed E-state index contributed by atoms with van der Waals surface area (Å²) >= 11 is 0. The molecule has 3 aromatic rings. The number of hydrogen-bond donors (Lipinski definition) is 0. The van der Waals surface area contributed by atoms with Gasteiger partial charge in [0.15, 0.2) is 5.43 Å². The molecule has 2 aromatic carbocycles. The predicted octanol–water partition coefficient (Wildman–Crippen LogP) is 2.72. The van der Waals surface area contributed by atoms with Crippen LogP contribution in [0.2, 0.25) is 0 Å². The van der Waals surface area contributed by atoms with Crippen LogP contribution < -0.4 is 10.2 Å². The Morgan fingerprint density at radius 2 is 1.76 bits per heavy atom. The van der Waals surface area contributed by atoms with Crippen molar-refractivity contribution in [1.82, 2.24) is 4.57 Å². The molecule has 0 aliphatic heterocycles. The Kier molecular flexibility index (Phi) is 3.62. The minimum Gasteiger partial charge on any atom is -0.491 e. The van der Waals surface area contributed by atoms with Crippen LogP contribution in [-0.2, 0) is 11.8 Å². The molecule has 108 valence electrons. The van der Waals surface area contributed by atoms with Crippen LogP contribution in [0.4, 0.5) is 0 Å². The summed E-state index contributed by atoms with van der Waals surface area (Å²) in [6.45, 7) is 0.990. The lowest BCUT2D eigenvalue weighted by Crippen LogP contribution is -2.10. The average molecular weight is 283 g/mol. The molecule has 1 heterocycles. The minimum atomic E-state index is 0.0379. The molecule has 0 fully saturated rings. The van der Waals surface area contributed by atoms with Crippen LogP contribution in [0.25, 0.3) is 21.8 Å². The fourth-order valence-electron chi connectivity index (χ4n) is 2.56. The number of benzene rings is 2. The molecule has 0 saturated carbocycles. The van der Waals surface area contributed by atoms with Crippen molar-refractivity contribution >= 4 is 21.8 Å². The van der Waals surface area contributed by atoms with Gasteiger partial charge < -0.3 is 14.0 Å². The molecule has 0 N–H and O–H groups in total. The van der Waals surface area contributed by atoms with Crippen molar-refractivity contribution in [1.29, 1.82) is 0 Å². The summed E-state index contributed by atoms with van der Waals surface area (Å²) in [7, 11) is 3.60. The van der Waals surface area contributed by atoms with Gasteiger partial charge in [-0.05, 0) is 30.3 Å². The van der Waals surface area contributed by atoms with Crippen LogP contribution >= 0.6 is 0 Å². The molecule has 0 saturated heterocycles. The fourth-order valence-corrected chi connectivity index (χ4v) is 2.56. The van der Waals surface area contributed by atoms with Gasteiger partial charge >= 0.3 is 0 Å². The molecule has 0 unspecified atom stereocenters. The van der Waals surface area contributed by atoms with E-state index < -0.39 is 0 Å². The minimum absolute atomic E-state index is 0.0379. The first kappa shape index (κ1) is 13.6. The molecule has 0 radical (unpaired) electrons. The molecule has 0 aliphatic rings. The van der Waals surface area contributed by atoms with Crippen molar-refractivity contribution < 1.29 is 9.47 Å². The number of pyridine rings is 1. The number of aryl methyl sites for hydroxylation is 1. The van der Waals surface area contributed by atoms with Gasteiger partial charge in [0, 0.05) is 24.9 Å². The highest BCUT2D eigenvalue weighted by atomic mass is 16.5. The molecule has 4 heteroatoms. The number of rotatable bonds is 4. The summed E-state index contributed by atoms with van der Waals surface area (Å²) in [5.74, 6) is 0.687. The van der Waals surface area contributed by atoms with Crippen LogP contribution in [0.5, 0.6) is 5.75 Å². The largest absolute Gasteiger partial charge is 0.491 e. The maximum atomic E-state index is 12.6. The van der Waals surface area contributed by atoms with Gasteiger partial charge in [-0.2, -0.15) is 0 Å². The number of fused-ring (bicyclic) bond motifs is 2. The molecule has 0 atom stereocenters. The molecule has 4 nitrogen and oxygen atoms in total. The Hall–Kier alpha value is -2.33. The van der Waals surface area contributed by atoms with Gasteiger partial charge in [0.2, 0.25) is 0 Å². The zero-order valence-corrected chi connectivity index (χ0v) is 12.1. The third-order valence-corrected chi connectivity index (χ3v) is 3.64. The monoisotopic (exact) mass is 283 g/mol. The van der Waals surface area contributed by atoms with Crippen LogP contribution in [-0.4, -0.2) is 24.9 Å². The second-order valence-electron chi connectivity index (χ2n) is 4.93. The Balaban J connectivity index is 2.19. The maximum Gasteiger partial charge on any atom is 0.197 e. The summed E-state index contributed by atoms with van der Waals surface area (Å²) in [5.41, 5.74) is 1.87. The highest BCUT2D eigenvalue weighted by molar-refractivity contribution is 5.93. The number of ether oxygens (including phenoxy) is 2. The van der Waals surface area contributed by atoms with Crippen molar-refractivity contribution in [3.05, 3.63) is 52.7 Å². The second kappa shape index (κ2) is 5.58. The SMILES string of the molecule is COCCOc1ccc2c(c1)c(=O)c1ccccc1n2C. The van der Waals surface area contributed by atoms with Crippen molar-refractivity contribution in [3.63, 3.8) is 0 Å². The lowest BCUT2D eigenvalue weighted by molar-refractivity contribution is 0.146. The summed E-state index contributed by atoms with van der Waals surface area (Å²) in [6, 6.07) is 13.2. The topological polar surface area (TPSA) is 40.5 Å². The maximum absolute atomic E-state index is 12.6. The van der Waals surface area contributed by atoms with E-state index in [9.17, 15) is 4.79 Å². The van der Waals surface area contributed by atoms with Gasteiger partial charge in [0.1, 0.15) is 12.4 Å². The van der Waals surface area contributed by atoms with Crippen molar-refractivity contribution in [2.24, 2.45) is 7.05 Å². The highest BCUT2D eigenvalue weighted by Crippen LogP contribution is 2.22. The van der Waals surface area contributed by atoms with Gasteiger partial charge in [-0.15, -0.1) is 0 Å². The molecular weight excluding hydrogens is 266 g/mol. The number of aromatic nitrogens is 1. The van der Waals surface area contributed by atoms with Crippen molar-refractivity contribution in [2.75, 3.05) is 20.3 Å². The summed E-state index contributed by atoms with van der Waals surface area (Å²) in [4.78, 5) is 12.6. The molecule has 0 spiro atoms. The normalized spacial score (nSPS) is 11.1. The predicted molar refractivity (Wildman–Crippen MR) is 84.1 cm³/mol. The number of methoxy groups -OCH3 is 1. The van der Waals surface area contributed by atoms with E-state index in [1.807, 2.05) is 48.0 Å². The van der Waals surface area contributed by atoms with E-state index in [0.29, 0.717) is 24.3 Å². The van der Waals surface area contributed by atoms with Gasteiger partial charge in [-0.1, -0.05) is 12.1 Å². The van der Waals surface area contributed by atoms with E-state index in [1.165, 1.54) is 0 Å². The van der Waals surface area contributed by atoms with E-state index in [1.54, 1.807) is 13.2 Å². The van der Waals surface area contributed by atoms with Crippen molar-refractivity contribution in [2.45, 2.75) is 0 Å². The third-order valence-electron chi connectivity index (χ3n) is 3.64. The summed E-state index contributed by atoms with van der Waals surface area (Å²) in [6.07, 6.45) is 0. The lowest BCUT2D eigenvalue weighted by Gasteiger charge is -2.12. The quantitative estimate of drug-likeness (QED) is 0.546. The molecule has 21 heavy (non-hydrogen) atoms. The van der Waals surface area contributed by atoms with Gasteiger partial charge in [0.05, 0.1) is 17.6 Å². The fraction of sp³-hybridized carbons (Fsp3) is 0.235. The third kappa shape index (κ3) is 2.38. The van der Waals surface area contributed by atoms with Gasteiger partial charge in [-0.25, -0.2) is 0 Å². The molecule has 3 rings (SSSR count). The number of nitrogens with zero attached hydrogens (tertiary/aromatic N) is 1. The Bertz CT molecular complexity index is 852. The first-order valence-electron chi connectivity index (χ1n) is 6.85. The van der Waals surface area contributed by atoms with Gasteiger partial charge in [-0.3, -0.25) is 4.79 Å². The number of hydrogen-bond acceptors (Lipinski definition) is 3. The Labute approximate surface area is 122 Å². The van der Waals surface area contributed by atoms with Crippen molar-refractivity contribution in [3.8, 4) is 5.75 Å². The zero-order chi connectivity index (χ0) is 14.8. The highest BCUT2D eigenvalue weighted by Gasteiger charge is 2.09. The van der Waals surface area contributed by atoms with E-state index in [-0.39, 0.29) is 5.43 Å². The standard InChI is InChI=1S/C17H17NO3/c1-18-15-6-4-3-5-13(15)17(19)14-11-12(7-8-16(14)18)21-10-9-20-2/h3-8,11H,9-10H2,1-2H3. The average Bonchev–Trinajstić information content (AvgIpc) is 2.53. The van der Waals surface area contributed by atoms with E-state index in [2.05, 4.69) is 0 Å². The van der Waals surface area contributed by atoms with E-state index in [0.717, 1.165) is 16.4 Å². The van der Waals surface area contributed by atoms with Gasteiger partial charge in [0.25, 0.3) is 0 Å². The first-order valence-corrected chi connectivity index (χ1v) is 6.85. The lowest BCUT2D eigenvalue weighted by atomic mass is 10.1. The Morgan fingerprint density at radius 1 is 1.00 bits per heavy atom. The Morgan fingerprint density at radius 3 is 2.57 bits per heavy atom. The smallest absolute Gasteiger partial charge is 0.197 e. The molecule has 0 aliphatic carbocycles. The molecule has 0 amide bonds. The van der Waals surface area contributed by atoms with E-state index in [4.69, 9.17) is 9.47 Å². The van der Waals surface area contributed by atoms with Crippen LogP contribution in [0, 0.1) is 0 Å². The van der Waals surface area contributed by atoms with Crippen LogP contribution in [0.1, 0.15) is 0 Å². The molecular formula is C17H17NO3. The van der Waals surface area contributed by atoms with E-state index >= 15 is 0 Å². The second-order valence-corrected chi connectivity index (χ2v) is 4.93.